The number of para-hydroxylation sites is 1. The predicted octanol–water partition coefficient (Wildman–Crippen LogP) is 1.39. The Balaban J connectivity index is 1.84. The second kappa shape index (κ2) is 5.98. The Labute approximate surface area is 153 Å². The number of hydrogen-bond donors (Lipinski definition) is 1. The van der Waals surface area contributed by atoms with Crippen molar-refractivity contribution in [2.45, 2.75) is 6.04 Å². The lowest BCUT2D eigenvalue weighted by atomic mass is 9.88. The summed E-state index contributed by atoms with van der Waals surface area (Å²) in [5.41, 5.74) is -0.158. The first kappa shape index (κ1) is 16.8. The van der Waals surface area contributed by atoms with Crippen molar-refractivity contribution in [3.05, 3.63) is 61.3 Å². The van der Waals surface area contributed by atoms with Gasteiger partial charge < -0.3 is 5.32 Å². The molecule has 12 nitrogen and oxygen atoms in total. The first-order chi connectivity index (χ1) is 12.9. The van der Waals surface area contributed by atoms with Gasteiger partial charge in [-0.15, -0.1) is 0 Å². The Hall–Kier alpha value is -3.61. The summed E-state index contributed by atoms with van der Waals surface area (Å²) in [6.07, 6.45) is 1.12. The lowest BCUT2D eigenvalue weighted by Crippen LogP contribution is -2.52. The van der Waals surface area contributed by atoms with E-state index >= 15 is 0 Å². The molecule has 4 rings (SSSR count). The van der Waals surface area contributed by atoms with Gasteiger partial charge in [-0.2, -0.15) is 9.98 Å². The lowest BCUT2D eigenvalue weighted by molar-refractivity contribution is -0.410. The van der Waals surface area contributed by atoms with Gasteiger partial charge in [-0.25, -0.2) is 4.79 Å². The molecule has 2 unspecified atom stereocenters. The van der Waals surface area contributed by atoms with E-state index < -0.39 is 33.7 Å². The topological polar surface area (TPSA) is 160 Å². The molecule has 1 N–H and O–H groups in total. The number of rotatable bonds is 3. The zero-order chi connectivity index (χ0) is 19.3. The number of nitro groups is 2. The second-order valence-corrected chi connectivity index (χ2v) is 6.61. The summed E-state index contributed by atoms with van der Waals surface area (Å²) in [6.45, 7) is 0. The monoisotopic (exact) mass is 388 g/mol. The average molecular weight is 388 g/mol. The molecular weight excluding hydrogens is 380 g/mol. The summed E-state index contributed by atoms with van der Waals surface area (Å²) >= 11 is 0.665. The van der Waals surface area contributed by atoms with E-state index in [9.17, 15) is 29.8 Å². The number of fused-ring (bicyclic) bond motifs is 3. The minimum Gasteiger partial charge on any atom is -0.328 e. The van der Waals surface area contributed by atoms with E-state index in [1.54, 1.807) is 6.07 Å². The molecule has 0 radical (unpaired) electrons. The van der Waals surface area contributed by atoms with Gasteiger partial charge in [0.2, 0.25) is 0 Å². The maximum atomic E-state index is 12.6. The molecule has 0 saturated heterocycles. The van der Waals surface area contributed by atoms with Crippen LogP contribution in [0.25, 0.3) is 0 Å². The van der Waals surface area contributed by atoms with Gasteiger partial charge in [-0.1, -0.05) is 18.2 Å². The van der Waals surface area contributed by atoms with Crippen LogP contribution in [-0.4, -0.2) is 37.7 Å². The molecule has 13 heteroatoms. The van der Waals surface area contributed by atoms with Gasteiger partial charge in [0.25, 0.3) is 11.6 Å². The Morgan fingerprint density at radius 1 is 1.11 bits per heavy atom. The van der Waals surface area contributed by atoms with E-state index in [-0.39, 0.29) is 27.3 Å². The van der Waals surface area contributed by atoms with Gasteiger partial charge in [0.05, 0.1) is 27.7 Å². The molecule has 1 aromatic carbocycles. The lowest BCUT2D eigenvalue weighted by Gasteiger charge is -2.35. The zero-order valence-corrected chi connectivity index (χ0v) is 14.0. The highest BCUT2D eigenvalue weighted by Gasteiger charge is 2.49. The van der Waals surface area contributed by atoms with E-state index in [2.05, 4.69) is 15.3 Å². The number of amides is 3. The summed E-state index contributed by atoms with van der Waals surface area (Å²) in [4.78, 5) is 54.6. The maximum Gasteiger partial charge on any atom is 0.343 e. The molecule has 2 atom stereocenters. The number of thioether (sulfide) groups is 1. The molecule has 0 bridgehead atoms. The van der Waals surface area contributed by atoms with E-state index in [0.29, 0.717) is 11.8 Å². The number of amidine groups is 2. The summed E-state index contributed by atoms with van der Waals surface area (Å²) in [5.74, 6) is -1.90. The maximum absolute atomic E-state index is 12.6. The minimum absolute atomic E-state index is 0.0118. The third kappa shape index (κ3) is 2.64. The number of urea groups is 1. The van der Waals surface area contributed by atoms with E-state index in [1.165, 1.54) is 23.1 Å². The summed E-state index contributed by atoms with van der Waals surface area (Å²) in [7, 11) is 0. The van der Waals surface area contributed by atoms with Crippen LogP contribution in [0.3, 0.4) is 0 Å². The van der Waals surface area contributed by atoms with Gasteiger partial charge in [0, 0.05) is 17.8 Å². The first-order valence-corrected chi connectivity index (χ1v) is 8.26. The second-order valence-electron chi connectivity index (χ2n) is 5.62. The van der Waals surface area contributed by atoms with Crippen LogP contribution < -0.4 is 5.32 Å². The van der Waals surface area contributed by atoms with Crippen molar-refractivity contribution >= 4 is 40.4 Å². The number of carbonyl (C=O) groups excluding carboxylic acids is 2. The number of nitrogens with one attached hydrogen (secondary N) is 1. The molecule has 1 aromatic rings. The number of hydrogen-bond acceptors (Lipinski definition) is 8. The Morgan fingerprint density at radius 3 is 2.56 bits per heavy atom. The molecular formula is C14H8N6O6S. The molecule has 0 saturated carbocycles. The first-order valence-electron chi connectivity index (χ1n) is 7.45. The summed E-state index contributed by atoms with van der Waals surface area (Å²) in [6, 6.07) is 3.79. The van der Waals surface area contributed by atoms with Crippen LogP contribution in [0.15, 0.2) is 45.5 Å². The smallest absolute Gasteiger partial charge is 0.328 e. The highest BCUT2D eigenvalue weighted by atomic mass is 32.2. The fourth-order valence-corrected chi connectivity index (χ4v) is 3.83. The fourth-order valence-electron chi connectivity index (χ4n) is 3.03. The van der Waals surface area contributed by atoms with Crippen molar-refractivity contribution in [2.75, 3.05) is 0 Å². The number of nitrogens with zero attached hydrogens (tertiary/aromatic N) is 5. The van der Waals surface area contributed by atoms with E-state index in [1.807, 2.05) is 0 Å². The molecule has 0 aromatic heterocycles. The number of benzene rings is 1. The van der Waals surface area contributed by atoms with Crippen LogP contribution in [-0.2, 0) is 4.79 Å². The van der Waals surface area contributed by atoms with Gasteiger partial charge in [0.15, 0.2) is 5.17 Å². The molecule has 0 fully saturated rings. The van der Waals surface area contributed by atoms with Gasteiger partial charge in [0.1, 0.15) is 11.8 Å². The highest BCUT2D eigenvalue weighted by molar-refractivity contribution is 8.17. The molecule has 136 valence electrons. The largest absolute Gasteiger partial charge is 0.343 e. The van der Waals surface area contributed by atoms with Crippen LogP contribution in [0.1, 0.15) is 11.6 Å². The normalized spacial score (nSPS) is 23.6. The molecule has 0 aliphatic carbocycles. The number of nitro benzene ring substituents is 1. The van der Waals surface area contributed by atoms with Gasteiger partial charge in [-0.05, 0) is 0 Å². The van der Waals surface area contributed by atoms with E-state index in [4.69, 9.17) is 0 Å². The number of aliphatic imine (C=N–C) groups is 2. The van der Waals surface area contributed by atoms with Crippen molar-refractivity contribution in [3.63, 3.8) is 0 Å². The third-order valence-electron chi connectivity index (χ3n) is 4.12. The van der Waals surface area contributed by atoms with Gasteiger partial charge in [-0.3, -0.25) is 29.9 Å². The number of carbonyl (C=O) groups is 2. The van der Waals surface area contributed by atoms with Gasteiger partial charge >= 0.3 is 11.1 Å². The minimum atomic E-state index is -1.14. The van der Waals surface area contributed by atoms with E-state index in [0.717, 1.165) is 6.20 Å². The fraction of sp³-hybridized carbons (Fsp3) is 0.143. The van der Waals surface area contributed by atoms with Crippen LogP contribution >= 0.6 is 11.8 Å². The average Bonchev–Trinajstić information content (AvgIpc) is 3.05. The van der Waals surface area contributed by atoms with Crippen molar-refractivity contribution in [1.29, 1.82) is 0 Å². The summed E-state index contributed by atoms with van der Waals surface area (Å²) in [5, 5.41) is 24.5. The van der Waals surface area contributed by atoms with Crippen LogP contribution in [0.4, 0.5) is 10.5 Å². The standard InChI is InChI=1S/C14H8N6O6S/c21-12-9-10(6-3-1-2-4-7(6)19(23)24)15-13(22)16-11(9)18-5-8(20(25)26)27-14(18)17-12/h1-5,9-10H,(H,15,22). The van der Waals surface area contributed by atoms with Crippen LogP contribution in [0.5, 0.6) is 0 Å². The summed E-state index contributed by atoms with van der Waals surface area (Å²) < 4.78 is 0. The Morgan fingerprint density at radius 2 is 1.85 bits per heavy atom. The SMILES string of the molecule is O=C1N=C2C(C(=O)N=C3SC([N+](=O)[O-])=CN32)C(c2ccccc2[N+](=O)[O-])N1. The van der Waals surface area contributed by atoms with Crippen molar-refractivity contribution in [3.8, 4) is 0 Å². The zero-order valence-electron chi connectivity index (χ0n) is 13.1. The molecule has 3 heterocycles. The Bertz CT molecular complexity index is 1020. The highest BCUT2D eigenvalue weighted by Crippen LogP contribution is 2.40. The van der Waals surface area contributed by atoms with Crippen LogP contribution in [0, 0.1) is 26.1 Å². The van der Waals surface area contributed by atoms with Crippen molar-refractivity contribution < 1.29 is 19.4 Å². The Kier molecular flexibility index (Phi) is 3.73. The molecule has 3 aliphatic heterocycles. The molecule has 0 spiro atoms. The molecule has 27 heavy (non-hydrogen) atoms. The van der Waals surface area contributed by atoms with Crippen molar-refractivity contribution in [2.24, 2.45) is 15.9 Å². The van der Waals surface area contributed by atoms with Crippen molar-refractivity contribution in [1.82, 2.24) is 10.2 Å². The molecule has 3 aliphatic rings. The molecule has 3 amide bonds. The van der Waals surface area contributed by atoms with Crippen LogP contribution in [0.2, 0.25) is 0 Å². The quantitative estimate of drug-likeness (QED) is 0.600. The third-order valence-corrected chi connectivity index (χ3v) is 5.05. The predicted molar refractivity (Wildman–Crippen MR) is 92.2 cm³/mol.